The summed E-state index contributed by atoms with van der Waals surface area (Å²) in [5.74, 6) is -2.75. The highest BCUT2D eigenvalue weighted by atomic mass is 35.5. The number of halogens is 2. The van der Waals surface area contributed by atoms with Gasteiger partial charge in [-0.2, -0.15) is 0 Å². The lowest BCUT2D eigenvalue weighted by Crippen LogP contribution is -2.52. The van der Waals surface area contributed by atoms with Crippen LogP contribution in [0.25, 0.3) is 0 Å². The summed E-state index contributed by atoms with van der Waals surface area (Å²) < 4.78 is 13.3. The molecule has 0 fully saturated rings. The Labute approximate surface area is 191 Å². The molecule has 32 heavy (non-hydrogen) atoms. The van der Waals surface area contributed by atoms with Crippen molar-refractivity contribution in [2.45, 2.75) is 37.1 Å². The number of aliphatic hydroxyl groups is 2. The van der Waals surface area contributed by atoms with E-state index in [0.29, 0.717) is 0 Å². The second kappa shape index (κ2) is 10.2. The van der Waals surface area contributed by atoms with Crippen LogP contribution in [0.1, 0.15) is 21.7 Å². The summed E-state index contributed by atoms with van der Waals surface area (Å²) in [6.45, 7) is 0. The third-order valence-electron chi connectivity index (χ3n) is 4.98. The van der Waals surface area contributed by atoms with E-state index in [4.69, 9.17) is 17.3 Å². The molecule has 0 bridgehead atoms. The molecule has 3 rings (SSSR count). The lowest BCUT2D eigenvalue weighted by molar-refractivity contribution is -0.125. The Bertz CT molecular complexity index is 1050. The Morgan fingerprint density at radius 1 is 1.25 bits per heavy atom. The average Bonchev–Trinajstić information content (AvgIpc) is 3.25. The van der Waals surface area contributed by atoms with Gasteiger partial charge in [0, 0.05) is 28.9 Å². The summed E-state index contributed by atoms with van der Waals surface area (Å²) >= 11 is 7.11. The molecule has 1 aliphatic carbocycles. The normalized spacial score (nSPS) is 21.4. The molecule has 1 aromatic heterocycles. The first-order chi connectivity index (χ1) is 15.2. The Kier molecular flexibility index (Phi) is 7.62. The number of thiophene rings is 1. The van der Waals surface area contributed by atoms with Gasteiger partial charge in [-0.3, -0.25) is 14.4 Å². The van der Waals surface area contributed by atoms with Crippen molar-refractivity contribution < 1.29 is 29.0 Å². The quantitative estimate of drug-likeness (QED) is 0.399. The molecule has 11 heteroatoms. The molecule has 8 nitrogen and oxygen atoms in total. The summed E-state index contributed by atoms with van der Waals surface area (Å²) in [7, 11) is 0. The topological polar surface area (TPSA) is 142 Å². The van der Waals surface area contributed by atoms with Gasteiger partial charge >= 0.3 is 0 Å². The summed E-state index contributed by atoms with van der Waals surface area (Å²) in [5, 5.41) is 27.1. The first-order valence-corrected chi connectivity index (χ1v) is 10.9. The van der Waals surface area contributed by atoms with E-state index >= 15 is 0 Å². The minimum absolute atomic E-state index is 0.0350. The monoisotopic (exact) mass is 481 g/mol. The number of primary amides is 1. The van der Waals surface area contributed by atoms with Gasteiger partial charge in [-0.1, -0.05) is 23.7 Å². The van der Waals surface area contributed by atoms with Crippen LogP contribution in [0.5, 0.6) is 0 Å². The Morgan fingerprint density at radius 3 is 2.62 bits per heavy atom. The van der Waals surface area contributed by atoms with Gasteiger partial charge in [0.15, 0.2) is 0 Å². The fraction of sp³-hybridized carbons (Fsp3) is 0.286. The summed E-state index contributed by atoms with van der Waals surface area (Å²) in [4.78, 5) is 37.8. The van der Waals surface area contributed by atoms with Gasteiger partial charge in [0.1, 0.15) is 18.0 Å². The van der Waals surface area contributed by atoms with Gasteiger partial charge in [0.05, 0.1) is 17.2 Å². The van der Waals surface area contributed by atoms with Crippen molar-refractivity contribution in [2.75, 3.05) is 0 Å². The van der Waals surface area contributed by atoms with Crippen molar-refractivity contribution in [3.8, 4) is 0 Å². The Morgan fingerprint density at radius 2 is 2.00 bits per heavy atom. The molecule has 4 atom stereocenters. The van der Waals surface area contributed by atoms with Crippen LogP contribution in [0.2, 0.25) is 5.02 Å². The van der Waals surface area contributed by atoms with Crippen molar-refractivity contribution in [1.29, 1.82) is 0 Å². The zero-order chi connectivity index (χ0) is 23.4. The van der Waals surface area contributed by atoms with Crippen LogP contribution >= 0.6 is 22.9 Å². The van der Waals surface area contributed by atoms with Crippen LogP contribution in [0.15, 0.2) is 47.4 Å². The molecule has 1 aromatic carbocycles. The van der Waals surface area contributed by atoms with Gasteiger partial charge in [-0.15, -0.1) is 11.3 Å². The van der Waals surface area contributed by atoms with Gasteiger partial charge in [-0.05, 0) is 29.6 Å². The zero-order valence-corrected chi connectivity index (χ0v) is 18.2. The van der Waals surface area contributed by atoms with Crippen molar-refractivity contribution in [3.05, 3.63) is 68.6 Å². The molecule has 170 valence electrons. The first kappa shape index (κ1) is 23.9. The third-order valence-corrected chi connectivity index (χ3v) is 6.17. The Balaban J connectivity index is 1.74. The minimum atomic E-state index is -1.38. The fourth-order valence-electron chi connectivity index (χ4n) is 3.24. The van der Waals surface area contributed by atoms with Crippen molar-refractivity contribution in [3.63, 3.8) is 0 Å². The average molecular weight is 482 g/mol. The maximum absolute atomic E-state index is 13.3. The van der Waals surface area contributed by atoms with E-state index in [9.17, 15) is 29.0 Å². The predicted octanol–water partition coefficient (Wildman–Crippen LogP) is 0.904. The number of aliphatic hydroxyl groups excluding tert-OH is 2. The van der Waals surface area contributed by atoms with E-state index in [0.717, 1.165) is 17.0 Å². The maximum atomic E-state index is 13.3. The molecule has 0 aliphatic heterocycles. The SMILES string of the molecule is NC(=O)C(Cc1cccs1)NC(=O)C1=CC(NC(=O)c2ccc(F)c(Cl)c2)C(O)C(O)C1. The molecule has 0 spiro atoms. The number of rotatable bonds is 7. The fourth-order valence-corrected chi connectivity index (χ4v) is 4.17. The molecule has 0 saturated carbocycles. The van der Waals surface area contributed by atoms with Crippen LogP contribution < -0.4 is 16.4 Å². The number of nitrogens with two attached hydrogens (primary N) is 1. The number of nitrogens with one attached hydrogen (secondary N) is 2. The minimum Gasteiger partial charge on any atom is -0.390 e. The number of benzene rings is 1. The van der Waals surface area contributed by atoms with Gasteiger partial charge in [0.2, 0.25) is 11.8 Å². The molecular weight excluding hydrogens is 461 g/mol. The smallest absolute Gasteiger partial charge is 0.251 e. The third kappa shape index (κ3) is 5.71. The van der Waals surface area contributed by atoms with Crippen LogP contribution in [0.4, 0.5) is 4.39 Å². The van der Waals surface area contributed by atoms with Crippen LogP contribution in [-0.2, 0) is 16.0 Å². The van der Waals surface area contributed by atoms with Crippen molar-refractivity contribution >= 4 is 40.7 Å². The summed E-state index contributed by atoms with van der Waals surface area (Å²) in [6, 6.07) is 4.89. The number of amides is 3. The number of carbonyl (C=O) groups is 3. The van der Waals surface area contributed by atoms with Crippen molar-refractivity contribution in [1.82, 2.24) is 10.6 Å². The van der Waals surface area contributed by atoms with Gasteiger partial charge in [-0.25, -0.2) is 4.39 Å². The van der Waals surface area contributed by atoms with Gasteiger partial charge in [0.25, 0.3) is 5.91 Å². The standard InChI is InChI=1S/C21H21ClFN3O5S/c22-13-6-10(3-4-14(13)23)20(30)25-15-7-11(8-17(27)18(15)28)21(31)26-16(19(24)29)9-12-2-1-5-32-12/h1-7,15-18,27-28H,8-9H2,(H2,24,29)(H,25,30)(H,26,31). The first-order valence-electron chi connectivity index (χ1n) is 9.61. The van der Waals surface area contributed by atoms with Crippen LogP contribution in [-0.4, -0.2) is 52.2 Å². The highest BCUT2D eigenvalue weighted by Gasteiger charge is 2.34. The maximum Gasteiger partial charge on any atom is 0.251 e. The molecule has 4 unspecified atom stereocenters. The van der Waals surface area contributed by atoms with Crippen LogP contribution in [0, 0.1) is 5.82 Å². The predicted molar refractivity (Wildman–Crippen MR) is 117 cm³/mol. The van der Waals surface area contributed by atoms with Crippen molar-refractivity contribution in [2.24, 2.45) is 5.73 Å². The molecule has 3 amide bonds. The second-order valence-electron chi connectivity index (χ2n) is 7.29. The number of hydrogen-bond acceptors (Lipinski definition) is 6. The second-order valence-corrected chi connectivity index (χ2v) is 8.73. The van der Waals surface area contributed by atoms with E-state index in [-0.39, 0.29) is 29.0 Å². The number of carbonyl (C=O) groups excluding carboxylic acids is 3. The van der Waals surface area contributed by atoms with E-state index in [2.05, 4.69) is 10.6 Å². The molecule has 2 aromatic rings. The lowest BCUT2D eigenvalue weighted by Gasteiger charge is -2.31. The number of hydrogen-bond donors (Lipinski definition) is 5. The molecule has 1 heterocycles. The Hall–Kier alpha value is -2.79. The van der Waals surface area contributed by atoms with E-state index < -0.39 is 47.8 Å². The van der Waals surface area contributed by atoms with Crippen LogP contribution in [0.3, 0.4) is 0 Å². The highest BCUT2D eigenvalue weighted by molar-refractivity contribution is 7.09. The van der Waals surface area contributed by atoms with E-state index in [1.165, 1.54) is 23.5 Å². The summed E-state index contributed by atoms with van der Waals surface area (Å²) in [6.07, 6.45) is -1.40. The molecular formula is C21H21ClFN3O5S. The van der Waals surface area contributed by atoms with Gasteiger partial charge < -0.3 is 26.6 Å². The molecule has 0 saturated heterocycles. The highest BCUT2D eigenvalue weighted by Crippen LogP contribution is 2.22. The molecule has 1 aliphatic rings. The lowest BCUT2D eigenvalue weighted by atomic mass is 9.89. The molecule has 0 radical (unpaired) electrons. The van der Waals surface area contributed by atoms with E-state index in [1.807, 2.05) is 11.4 Å². The summed E-state index contributed by atoms with van der Waals surface area (Å²) in [5.41, 5.74) is 5.52. The largest absolute Gasteiger partial charge is 0.390 e. The van der Waals surface area contributed by atoms with E-state index in [1.54, 1.807) is 6.07 Å². The molecule has 6 N–H and O–H groups in total. The zero-order valence-electron chi connectivity index (χ0n) is 16.6.